The lowest BCUT2D eigenvalue weighted by Gasteiger charge is -2.57. The van der Waals surface area contributed by atoms with Crippen molar-refractivity contribution in [3.8, 4) is 0 Å². The van der Waals surface area contributed by atoms with Crippen molar-refractivity contribution >= 4 is 29.1 Å². The number of rotatable bonds is 5. The van der Waals surface area contributed by atoms with Gasteiger partial charge in [0, 0.05) is 31.2 Å². The van der Waals surface area contributed by atoms with E-state index in [4.69, 9.17) is 22.1 Å². The van der Waals surface area contributed by atoms with Crippen molar-refractivity contribution in [2.45, 2.75) is 38.8 Å². The highest BCUT2D eigenvalue weighted by atomic mass is 35.5. The molecule has 0 bridgehead atoms. The van der Waals surface area contributed by atoms with E-state index < -0.39 is 11.0 Å². The summed E-state index contributed by atoms with van der Waals surface area (Å²) in [6.45, 7) is 6.35. The van der Waals surface area contributed by atoms with E-state index >= 15 is 0 Å². The zero-order valence-corrected chi connectivity index (χ0v) is 15.2. The molecule has 1 aromatic rings. The van der Waals surface area contributed by atoms with Crippen LogP contribution < -0.4 is 16.4 Å². The summed E-state index contributed by atoms with van der Waals surface area (Å²) >= 11 is 6.02. The molecule has 1 fully saturated rings. The van der Waals surface area contributed by atoms with Gasteiger partial charge in [0.2, 0.25) is 5.91 Å². The highest BCUT2D eigenvalue weighted by Crippen LogP contribution is 2.50. The van der Waals surface area contributed by atoms with Gasteiger partial charge in [0.05, 0.1) is 16.7 Å². The smallest absolute Gasteiger partial charge is 0.252 e. The van der Waals surface area contributed by atoms with Crippen LogP contribution >= 0.6 is 11.6 Å². The third-order valence-corrected chi connectivity index (χ3v) is 5.26. The molecule has 4 N–H and O–H groups in total. The molecule has 0 radical (unpaired) electrons. The van der Waals surface area contributed by atoms with Crippen LogP contribution in [0.4, 0.5) is 5.69 Å². The molecular weight excluding hydrogens is 330 g/mol. The van der Waals surface area contributed by atoms with Gasteiger partial charge in [0.25, 0.3) is 5.91 Å². The Bertz CT molecular complexity index is 662. The molecule has 1 aliphatic rings. The molecule has 0 saturated heterocycles. The lowest BCUT2D eigenvalue weighted by Crippen LogP contribution is -2.74. The van der Waals surface area contributed by atoms with Gasteiger partial charge in [-0.25, -0.2) is 0 Å². The maximum Gasteiger partial charge on any atom is 0.252 e. The predicted octanol–water partition coefficient (Wildman–Crippen LogP) is 2.17. The highest BCUT2D eigenvalue weighted by molar-refractivity contribution is 6.34. The van der Waals surface area contributed by atoms with Gasteiger partial charge >= 0.3 is 0 Å². The fraction of sp³-hybridized carbons (Fsp3) is 0.529. The first-order chi connectivity index (χ1) is 11.2. The maximum absolute atomic E-state index is 12.7. The second-order valence-electron chi connectivity index (χ2n) is 6.57. The zero-order chi connectivity index (χ0) is 18.1. The van der Waals surface area contributed by atoms with Gasteiger partial charge in [-0.05, 0) is 25.1 Å². The van der Waals surface area contributed by atoms with Crippen molar-refractivity contribution < 1.29 is 14.3 Å². The van der Waals surface area contributed by atoms with E-state index in [2.05, 4.69) is 10.6 Å². The Morgan fingerprint density at radius 3 is 2.62 bits per heavy atom. The Morgan fingerprint density at radius 1 is 1.42 bits per heavy atom. The minimum absolute atomic E-state index is 0.0510. The fourth-order valence-corrected chi connectivity index (χ4v) is 3.18. The molecular formula is C17H24ClN3O3. The molecule has 1 saturated carbocycles. The molecule has 1 aliphatic carbocycles. The third-order valence-electron chi connectivity index (χ3n) is 4.93. The minimum Gasteiger partial charge on any atom is -0.378 e. The molecule has 0 heterocycles. The lowest BCUT2D eigenvalue weighted by molar-refractivity contribution is -0.166. The molecule has 132 valence electrons. The molecule has 0 aromatic heterocycles. The predicted molar refractivity (Wildman–Crippen MR) is 94.2 cm³/mol. The second kappa shape index (κ2) is 6.70. The average molecular weight is 354 g/mol. The topological polar surface area (TPSA) is 93.4 Å². The quantitative estimate of drug-likeness (QED) is 0.756. The summed E-state index contributed by atoms with van der Waals surface area (Å²) in [5.74, 6) is -0.618. The number of halogens is 1. The maximum atomic E-state index is 12.7. The number of benzene rings is 1. The summed E-state index contributed by atoms with van der Waals surface area (Å²) in [4.78, 5) is 24.5. The summed E-state index contributed by atoms with van der Waals surface area (Å²) in [6, 6.07) is 4.75. The van der Waals surface area contributed by atoms with Crippen molar-refractivity contribution in [2.75, 3.05) is 19.0 Å². The SMILES string of the molecule is CCOC1CC(N)(C(=O)Nc2ccc(Cl)c(C(=O)NC)c2)C1(C)C. The molecule has 7 heteroatoms. The summed E-state index contributed by atoms with van der Waals surface area (Å²) in [5, 5.41) is 5.62. The molecule has 1 aromatic carbocycles. The van der Waals surface area contributed by atoms with Crippen LogP contribution in [-0.2, 0) is 9.53 Å². The van der Waals surface area contributed by atoms with E-state index in [9.17, 15) is 9.59 Å². The normalized spacial score (nSPS) is 24.8. The van der Waals surface area contributed by atoms with Gasteiger partial charge in [-0.3, -0.25) is 9.59 Å². The molecule has 0 spiro atoms. The van der Waals surface area contributed by atoms with Crippen LogP contribution in [0.5, 0.6) is 0 Å². The van der Waals surface area contributed by atoms with Crippen molar-refractivity contribution in [1.82, 2.24) is 5.32 Å². The Hall–Kier alpha value is -1.63. The van der Waals surface area contributed by atoms with Crippen LogP contribution in [0, 0.1) is 5.41 Å². The molecule has 0 aliphatic heterocycles. The molecule has 2 unspecified atom stereocenters. The van der Waals surface area contributed by atoms with Crippen molar-refractivity contribution in [1.29, 1.82) is 0 Å². The summed E-state index contributed by atoms with van der Waals surface area (Å²) in [5.41, 5.74) is 5.61. The molecule has 2 rings (SSSR count). The van der Waals surface area contributed by atoms with Gasteiger partial charge in [0.15, 0.2) is 0 Å². The number of hydrogen-bond donors (Lipinski definition) is 3. The largest absolute Gasteiger partial charge is 0.378 e. The Kier molecular flexibility index (Phi) is 5.22. The van der Waals surface area contributed by atoms with Crippen LogP contribution in [0.3, 0.4) is 0 Å². The molecule has 2 amide bonds. The number of hydrogen-bond acceptors (Lipinski definition) is 4. The fourth-order valence-electron chi connectivity index (χ4n) is 2.97. The first kappa shape index (κ1) is 18.7. The summed E-state index contributed by atoms with van der Waals surface area (Å²) in [6.07, 6.45) is 0.403. The third kappa shape index (κ3) is 3.01. The lowest BCUT2D eigenvalue weighted by atomic mass is 9.54. The van der Waals surface area contributed by atoms with E-state index in [1.54, 1.807) is 12.1 Å². The van der Waals surface area contributed by atoms with Gasteiger partial charge in [0.1, 0.15) is 5.54 Å². The number of carbonyl (C=O) groups excluding carboxylic acids is 2. The number of amides is 2. The first-order valence-corrected chi connectivity index (χ1v) is 8.28. The van der Waals surface area contributed by atoms with Crippen LogP contribution in [0.2, 0.25) is 5.02 Å². The number of nitrogens with two attached hydrogens (primary N) is 1. The van der Waals surface area contributed by atoms with E-state index in [1.807, 2.05) is 20.8 Å². The van der Waals surface area contributed by atoms with E-state index in [0.29, 0.717) is 29.3 Å². The van der Waals surface area contributed by atoms with Crippen LogP contribution in [0.15, 0.2) is 18.2 Å². The standard InChI is InChI=1S/C17H24ClN3O3/c1-5-24-13-9-17(19,16(13,2)3)15(23)21-10-6-7-12(18)11(8-10)14(22)20-4/h6-8,13H,5,9,19H2,1-4H3,(H,20,22)(H,21,23). The number of carbonyl (C=O) groups is 2. The average Bonchev–Trinajstić information content (AvgIpc) is 2.55. The van der Waals surface area contributed by atoms with E-state index in [1.165, 1.54) is 13.1 Å². The zero-order valence-electron chi connectivity index (χ0n) is 14.4. The van der Waals surface area contributed by atoms with Crippen LogP contribution in [-0.4, -0.2) is 37.1 Å². The van der Waals surface area contributed by atoms with Crippen LogP contribution in [0.25, 0.3) is 0 Å². The molecule has 6 nitrogen and oxygen atoms in total. The molecule has 24 heavy (non-hydrogen) atoms. The Balaban J connectivity index is 2.17. The van der Waals surface area contributed by atoms with Crippen molar-refractivity contribution in [2.24, 2.45) is 11.1 Å². The number of ether oxygens (including phenoxy) is 1. The number of nitrogens with one attached hydrogen (secondary N) is 2. The Morgan fingerprint density at radius 2 is 2.08 bits per heavy atom. The van der Waals surface area contributed by atoms with E-state index in [-0.39, 0.29) is 17.9 Å². The summed E-state index contributed by atoms with van der Waals surface area (Å²) < 4.78 is 5.64. The van der Waals surface area contributed by atoms with Crippen LogP contribution in [0.1, 0.15) is 37.6 Å². The highest BCUT2D eigenvalue weighted by Gasteiger charge is 2.62. The number of anilines is 1. The van der Waals surface area contributed by atoms with Gasteiger partial charge < -0.3 is 21.1 Å². The Labute approximate surface area is 147 Å². The van der Waals surface area contributed by atoms with Gasteiger partial charge in [-0.2, -0.15) is 0 Å². The summed E-state index contributed by atoms with van der Waals surface area (Å²) in [7, 11) is 1.52. The van der Waals surface area contributed by atoms with Crippen molar-refractivity contribution in [3.63, 3.8) is 0 Å². The van der Waals surface area contributed by atoms with Crippen molar-refractivity contribution in [3.05, 3.63) is 28.8 Å². The van der Waals surface area contributed by atoms with Gasteiger partial charge in [-0.1, -0.05) is 25.4 Å². The minimum atomic E-state index is -1.03. The second-order valence-corrected chi connectivity index (χ2v) is 6.98. The van der Waals surface area contributed by atoms with E-state index in [0.717, 1.165) is 0 Å². The molecule has 2 atom stereocenters. The first-order valence-electron chi connectivity index (χ1n) is 7.91. The van der Waals surface area contributed by atoms with Gasteiger partial charge in [-0.15, -0.1) is 0 Å². The monoisotopic (exact) mass is 353 g/mol.